The van der Waals surface area contributed by atoms with Crippen LogP contribution < -0.4 is 5.32 Å². The second kappa shape index (κ2) is 4.90. The number of nitrogens with one attached hydrogen (secondary N) is 2. The molecule has 0 aliphatic carbocycles. The number of aromatic nitrogens is 4. The fourth-order valence-electron chi connectivity index (χ4n) is 1.67. The summed E-state index contributed by atoms with van der Waals surface area (Å²) in [4.78, 5) is 12.4. The van der Waals surface area contributed by atoms with Crippen LogP contribution in [0.2, 0.25) is 0 Å². The van der Waals surface area contributed by atoms with Crippen molar-refractivity contribution in [1.29, 1.82) is 0 Å². The maximum absolute atomic E-state index is 11.3. The van der Waals surface area contributed by atoms with E-state index >= 15 is 0 Å². The lowest BCUT2D eigenvalue weighted by Gasteiger charge is -2.02. The Balaban J connectivity index is 2.05. The van der Waals surface area contributed by atoms with Gasteiger partial charge in [-0.3, -0.25) is 4.79 Å². The number of tetrazole rings is 1. The van der Waals surface area contributed by atoms with Crippen LogP contribution in [-0.4, -0.2) is 30.9 Å². The van der Waals surface area contributed by atoms with Gasteiger partial charge in [-0.1, -0.05) is 36.5 Å². The molecule has 0 spiro atoms. The quantitative estimate of drug-likeness (QED) is 0.650. The largest absolute Gasteiger partial charge is 0.307 e. The van der Waals surface area contributed by atoms with Crippen molar-refractivity contribution in [2.24, 2.45) is 0 Å². The minimum absolute atomic E-state index is 0.157. The van der Waals surface area contributed by atoms with Crippen LogP contribution in [0, 0.1) is 0 Å². The van der Waals surface area contributed by atoms with Gasteiger partial charge in [0.1, 0.15) is 4.99 Å². The number of aromatic amines is 1. The Labute approximate surface area is 117 Å². The van der Waals surface area contributed by atoms with Crippen molar-refractivity contribution in [2.75, 3.05) is 0 Å². The van der Waals surface area contributed by atoms with E-state index in [-0.39, 0.29) is 5.24 Å². The molecule has 6 nitrogen and oxygen atoms in total. The molecule has 3 rings (SSSR count). The van der Waals surface area contributed by atoms with Crippen LogP contribution in [0.1, 0.15) is 5.56 Å². The average molecular weight is 289 g/mol. The van der Waals surface area contributed by atoms with E-state index in [9.17, 15) is 4.79 Å². The van der Waals surface area contributed by atoms with Gasteiger partial charge in [0.15, 0.2) is 5.82 Å². The first kappa shape index (κ1) is 12.0. The van der Waals surface area contributed by atoms with Gasteiger partial charge < -0.3 is 5.32 Å². The number of thiocarbonyl (C=S) groups is 1. The van der Waals surface area contributed by atoms with E-state index in [1.165, 1.54) is 0 Å². The van der Waals surface area contributed by atoms with Gasteiger partial charge in [-0.15, -0.1) is 5.10 Å². The molecule has 1 amide bonds. The van der Waals surface area contributed by atoms with Crippen molar-refractivity contribution in [1.82, 2.24) is 25.9 Å². The second-order valence-electron chi connectivity index (χ2n) is 3.69. The number of thioether (sulfide) groups is 1. The molecule has 2 aromatic rings. The van der Waals surface area contributed by atoms with Crippen LogP contribution in [-0.2, 0) is 0 Å². The summed E-state index contributed by atoms with van der Waals surface area (Å²) in [6, 6.07) is 7.60. The number of carbonyl (C=O) groups is 1. The molecule has 8 heteroatoms. The van der Waals surface area contributed by atoms with Gasteiger partial charge in [-0.05, 0) is 33.8 Å². The SMILES string of the molecule is O=C1NC(=S)C(=Cc2ccccc2-c2nnn[nH]2)S1. The summed E-state index contributed by atoms with van der Waals surface area (Å²) in [5.74, 6) is 0.570. The third-order valence-electron chi connectivity index (χ3n) is 2.49. The average Bonchev–Trinajstić information content (AvgIpc) is 3.01. The highest BCUT2D eigenvalue weighted by Gasteiger charge is 2.22. The summed E-state index contributed by atoms with van der Waals surface area (Å²) in [5, 5.41) is 16.1. The van der Waals surface area contributed by atoms with E-state index in [1.54, 1.807) is 0 Å². The minimum Gasteiger partial charge on any atom is -0.307 e. The Bertz CT molecular complexity index is 680. The summed E-state index contributed by atoms with van der Waals surface area (Å²) in [6.45, 7) is 0. The van der Waals surface area contributed by atoms with Gasteiger partial charge in [0.2, 0.25) is 0 Å². The van der Waals surface area contributed by atoms with E-state index in [0.29, 0.717) is 10.8 Å². The summed E-state index contributed by atoms with van der Waals surface area (Å²) >= 11 is 6.17. The third kappa shape index (κ3) is 2.40. The number of rotatable bonds is 2. The Morgan fingerprint density at radius 1 is 1.32 bits per heavy atom. The predicted molar refractivity (Wildman–Crippen MR) is 76.3 cm³/mol. The molecule has 1 saturated heterocycles. The number of benzene rings is 1. The molecule has 1 aliphatic heterocycles. The Hall–Kier alpha value is -2.06. The molecular weight excluding hydrogens is 282 g/mol. The van der Waals surface area contributed by atoms with E-state index in [1.807, 2.05) is 30.3 Å². The molecule has 1 aromatic carbocycles. The molecular formula is C11H7N5OS2. The molecule has 2 heterocycles. The van der Waals surface area contributed by atoms with Gasteiger partial charge in [-0.25, -0.2) is 5.10 Å². The van der Waals surface area contributed by atoms with Gasteiger partial charge in [0.05, 0.1) is 4.91 Å². The highest BCUT2D eigenvalue weighted by atomic mass is 32.2. The molecule has 0 atom stereocenters. The van der Waals surface area contributed by atoms with E-state index in [4.69, 9.17) is 12.2 Å². The van der Waals surface area contributed by atoms with Crippen LogP contribution in [0.4, 0.5) is 4.79 Å². The highest BCUT2D eigenvalue weighted by Crippen LogP contribution is 2.29. The highest BCUT2D eigenvalue weighted by molar-refractivity contribution is 8.19. The van der Waals surface area contributed by atoms with Crippen LogP contribution in [0.25, 0.3) is 17.5 Å². The lowest BCUT2D eigenvalue weighted by molar-refractivity contribution is 0.265. The van der Waals surface area contributed by atoms with E-state index in [0.717, 1.165) is 27.8 Å². The number of amides is 1. The molecule has 1 aromatic heterocycles. The zero-order chi connectivity index (χ0) is 13.2. The predicted octanol–water partition coefficient (Wildman–Crippen LogP) is 1.99. The fourth-order valence-corrected chi connectivity index (χ4v) is 2.70. The second-order valence-corrected chi connectivity index (χ2v) is 5.11. The van der Waals surface area contributed by atoms with Crippen LogP contribution in [0.3, 0.4) is 0 Å². The Morgan fingerprint density at radius 2 is 2.16 bits per heavy atom. The minimum atomic E-state index is -0.157. The van der Waals surface area contributed by atoms with E-state index < -0.39 is 0 Å². The summed E-state index contributed by atoms with van der Waals surface area (Å²) in [5.41, 5.74) is 1.74. The van der Waals surface area contributed by atoms with Crippen molar-refractivity contribution in [2.45, 2.75) is 0 Å². The Morgan fingerprint density at radius 3 is 2.84 bits per heavy atom. The maximum atomic E-state index is 11.3. The van der Waals surface area contributed by atoms with Crippen LogP contribution in [0.15, 0.2) is 29.2 Å². The number of carbonyl (C=O) groups excluding carboxylic acids is 1. The maximum Gasteiger partial charge on any atom is 0.289 e. The topological polar surface area (TPSA) is 83.6 Å². The zero-order valence-electron chi connectivity index (χ0n) is 9.45. The molecule has 0 bridgehead atoms. The lowest BCUT2D eigenvalue weighted by Crippen LogP contribution is -2.15. The molecule has 1 fully saturated rings. The standard InChI is InChI=1S/C11H7N5OS2/c17-11-12-10(18)8(19-11)5-6-3-1-2-4-7(6)9-13-15-16-14-9/h1-5H,(H,12,17,18)(H,13,14,15,16). The number of hydrogen-bond donors (Lipinski definition) is 2. The molecule has 2 N–H and O–H groups in total. The molecule has 0 unspecified atom stereocenters. The van der Waals surface area contributed by atoms with Crippen molar-refractivity contribution in [3.63, 3.8) is 0 Å². The zero-order valence-corrected chi connectivity index (χ0v) is 11.1. The summed E-state index contributed by atoms with van der Waals surface area (Å²) < 4.78 is 0. The van der Waals surface area contributed by atoms with Crippen molar-refractivity contribution >= 4 is 40.3 Å². The lowest BCUT2D eigenvalue weighted by atomic mass is 10.1. The molecule has 0 radical (unpaired) electrons. The molecule has 0 saturated carbocycles. The number of nitrogens with zero attached hydrogens (tertiary/aromatic N) is 3. The monoisotopic (exact) mass is 289 g/mol. The van der Waals surface area contributed by atoms with E-state index in [2.05, 4.69) is 25.9 Å². The van der Waals surface area contributed by atoms with Gasteiger partial charge in [0, 0.05) is 5.56 Å². The normalized spacial score (nSPS) is 16.9. The van der Waals surface area contributed by atoms with Crippen LogP contribution >= 0.6 is 24.0 Å². The molecule has 1 aliphatic rings. The molecule has 19 heavy (non-hydrogen) atoms. The third-order valence-corrected chi connectivity index (χ3v) is 3.77. The first-order valence-corrected chi connectivity index (χ1v) is 6.54. The smallest absolute Gasteiger partial charge is 0.289 e. The Kier molecular flexibility index (Phi) is 3.10. The number of H-pyrrole nitrogens is 1. The van der Waals surface area contributed by atoms with Gasteiger partial charge in [-0.2, -0.15) is 0 Å². The van der Waals surface area contributed by atoms with Crippen molar-refractivity contribution in [3.8, 4) is 11.4 Å². The van der Waals surface area contributed by atoms with Gasteiger partial charge in [0.25, 0.3) is 5.24 Å². The van der Waals surface area contributed by atoms with Crippen molar-refractivity contribution < 1.29 is 4.79 Å². The number of hydrogen-bond acceptors (Lipinski definition) is 6. The summed E-state index contributed by atoms with van der Waals surface area (Å²) in [6.07, 6.45) is 1.85. The molecule has 94 valence electrons. The van der Waals surface area contributed by atoms with Gasteiger partial charge >= 0.3 is 0 Å². The first-order valence-electron chi connectivity index (χ1n) is 5.32. The first-order chi connectivity index (χ1) is 9.24. The fraction of sp³-hybridized carbons (Fsp3) is 0. The summed E-state index contributed by atoms with van der Waals surface area (Å²) in [7, 11) is 0. The van der Waals surface area contributed by atoms with Crippen molar-refractivity contribution in [3.05, 3.63) is 34.7 Å². The van der Waals surface area contributed by atoms with Crippen LogP contribution in [0.5, 0.6) is 0 Å².